The van der Waals surface area contributed by atoms with Crippen molar-refractivity contribution in [2.75, 3.05) is 6.61 Å². The Balaban J connectivity index is 1.89. The molecule has 1 aromatic heterocycles. The third kappa shape index (κ3) is 3.80. The van der Waals surface area contributed by atoms with Crippen molar-refractivity contribution < 1.29 is 19.4 Å². The van der Waals surface area contributed by atoms with Crippen molar-refractivity contribution >= 4 is 5.97 Å². The smallest absolute Gasteiger partial charge is 0.337 e. The van der Waals surface area contributed by atoms with Gasteiger partial charge in [-0.05, 0) is 48.9 Å². The number of pyridine rings is 1. The van der Waals surface area contributed by atoms with Crippen LogP contribution >= 0.6 is 0 Å². The van der Waals surface area contributed by atoms with Crippen molar-refractivity contribution in [3.05, 3.63) is 53.3 Å². The predicted molar refractivity (Wildman–Crippen MR) is 89.7 cm³/mol. The molecular weight excluding hydrogens is 306 g/mol. The SMILES string of the molecule is Cc1cc(-c2ccccc2COC2CCCCO2)c(C(=O)O)cn1. The maximum Gasteiger partial charge on any atom is 0.337 e. The van der Waals surface area contributed by atoms with Crippen LogP contribution in [0.3, 0.4) is 0 Å². The first-order chi connectivity index (χ1) is 11.6. The zero-order valence-electron chi connectivity index (χ0n) is 13.7. The van der Waals surface area contributed by atoms with Crippen molar-refractivity contribution in [2.45, 2.75) is 39.1 Å². The van der Waals surface area contributed by atoms with Crippen LogP contribution in [0, 0.1) is 6.92 Å². The molecule has 0 amide bonds. The molecular formula is C19H21NO4. The molecule has 2 heterocycles. The summed E-state index contributed by atoms with van der Waals surface area (Å²) in [6.07, 6.45) is 4.32. The van der Waals surface area contributed by atoms with Gasteiger partial charge in [0, 0.05) is 18.5 Å². The highest BCUT2D eigenvalue weighted by atomic mass is 16.7. The van der Waals surface area contributed by atoms with E-state index in [1.807, 2.05) is 31.2 Å². The Morgan fingerprint density at radius 3 is 2.92 bits per heavy atom. The van der Waals surface area contributed by atoms with Crippen LogP contribution in [-0.2, 0) is 16.1 Å². The van der Waals surface area contributed by atoms with Crippen LogP contribution in [-0.4, -0.2) is 29.0 Å². The van der Waals surface area contributed by atoms with Gasteiger partial charge in [-0.2, -0.15) is 0 Å². The quantitative estimate of drug-likeness (QED) is 0.904. The summed E-state index contributed by atoms with van der Waals surface area (Å²) < 4.78 is 11.5. The normalized spacial score (nSPS) is 17.6. The highest BCUT2D eigenvalue weighted by molar-refractivity contribution is 5.96. The summed E-state index contributed by atoms with van der Waals surface area (Å²) in [5, 5.41) is 9.45. The Morgan fingerprint density at radius 1 is 1.33 bits per heavy atom. The molecule has 1 aliphatic rings. The number of aromatic carboxylic acids is 1. The van der Waals surface area contributed by atoms with E-state index in [9.17, 15) is 9.90 Å². The van der Waals surface area contributed by atoms with Gasteiger partial charge in [-0.3, -0.25) is 4.98 Å². The molecule has 1 unspecified atom stereocenters. The second-order valence-corrected chi connectivity index (χ2v) is 5.94. The fourth-order valence-electron chi connectivity index (χ4n) is 2.89. The third-order valence-electron chi connectivity index (χ3n) is 4.14. The number of carboxylic acid groups (broad SMARTS) is 1. The van der Waals surface area contributed by atoms with Crippen molar-refractivity contribution in [2.24, 2.45) is 0 Å². The molecule has 0 aliphatic carbocycles. The molecule has 1 N–H and O–H groups in total. The number of ether oxygens (including phenoxy) is 2. The predicted octanol–water partition coefficient (Wildman–Crippen LogP) is 3.80. The van der Waals surface area contributed by atoms with Gasteiger partial charge in [-0.15, -0.1) is 0 Å². The van der Waals surface area contributed by atoms with Gasteiger partial charge in [0.2, 0.25) is 0 Å². The van der Waals surface area contributed by atoms with Gasteiger partial charge >= 0.3 is 5.97 Å². The Morgan fingerprint density at radius 2 is 2.17 bits per heavy atom. The molecule has 1 saturated heterocycles. The fourth-order valence-corrected chi connectivity index (χ4v) is 2.89. The first-order valence-corrected chi connectivity index (χ1v) is 8.16. The largest absolute Gasteiger partial charge is 0.478 e. The summed E-state index contributed by atoms with van der Waals surface area (Å²) in [5.41, 5.74) is 3.44. The Labute approximate surface area is 141 Å². The lowest BCUT2D eigenvalue weighted by Gasteiger charge is -2.23. The molecule has 0 bridgehead atoms. The number of aryl methyl sites for hydroxylation is 1. The lowest BCUT2D eigenvalue weighted by atomic mass is 9.96. The minimum atomic E-state index is -0.983. The summed E-state index contributed by atoms with van der Waals surface area (Å²) in [6, 6.07) is 9.51. The van der Waals surface area contributed by atoms with E-state index in [0.29, 0.717) is 12.2 Å². The fraction of sp³-hybridized carbons (Fsp3) is 0.368. The molecule has 5 heteroatoms. The molecule has 0 saturated carbocycles. The van der Waals surface area contributed by atoms with Gasteiger partial charge in [0.25, 0.3) is 0 Å². The summed E-state index contributed by atoms with van der Waals surface area (Å²) in [7, 11) is 0. The summed E-state index contributed by atoms with van der Waals surface area (Å²) in [5.74, 6) is -0.983. The number of carbonyl (C=O) groups is 1. The van der Waals surface area contributed by atoms with E-state index >= 15 is 0 Å². The second kappa shape index (κ2) is 7.55. The lowest BCUT2D eigenvalue weighted by Crippen LogP contribution is -2.22. The standard InChI is InChI=1S/C19H21NO4/c1-13-10-16(17(11-20-13)19(21)22)15-7-3-2-6-14(15)12-24-18-8-4-5-9-23-18/h2-3,6-7,10-11,18H,4-5,8-9,12H2,1H3,(H,21,22). The van der Waals surface area contributed by atoms with E-state index in [2.05, 4.69) is 4.98 Å². The summed E-state index contributed by atoms with van der Waals surface area (Å²) >= 11 is 0. The molecule has 1 aliphatic heterocycles. The van der Waals surface area contributed by atoms with Gasteiger partial charge in [-0.1, -0.05) is 24.3 Å². The van der Waals surface area contributed by atoms with Crippen LogP contribution in [0.2, 0.25) is 0 Å². The Hall–Kier alpha value is -2.24. The number of nitrogens with zero attached hydrogens (tertiary/aromatic N) is 1. The van der Waals surface area contributed by atoms with Crippen molar-refractivity contribution in [3.8, 4) is 11.1 Å². The topological polar surface area (TPSA) is 68.7 Å². The molecule has 1 aromatic carbocycles. The highest BCUT2D eigenvalue weighted by Crippen LogP contribution is 2.29. The van der Waals surface area contributed by atoms with E-state index < -0.39 is 5.97 Å². The number of hydrogen-bond acceptors (Lipinski definition) is 4. The maximum atomic E-state index is 11.5. The molecule has 0 spiro atoms. The van der Waals surface area contributed by atoms with Crippen LogP contribution in [0.15, 0.2) is 36.5 Å². The number of carboxylic acids is 1. The first kappa shape index (κ1) is 16.6. The van der Waals surface area contributed by atoms with E-state index in [-0.39, 0.29) is 11.9 Å². The monoisotopic (exact) mass is 327 g/mol. The average Bonchev–Trinajstić information content (AvgIpc) is 2.61. The highest BCUT2D eigenvalue weighted by Gasteiger charge is 2.18. The summed E-state index contributed by atoms with van der Waals surface area (Å²) in [4.78, 5) is 15.6. The Kier molecular flexibility index (Phi) is 5.23. The van der Waals surface area contributed by atoms with Crippen molar-refractivity contribution in [3.63, 3.8) is 0 Å². The first-order valence-electron chi connectivity index (χ1n) is 8.16. The average molecular weight is 327 g/mol. The van der Waals surface area contributed by atoms with E-state index in [0.717, 1.165) is 42.7 Å². The lowest BCUT2D eigenvalue weighted by molar-refractivity contribution is -0.168. The zero-order chi connectivity index (χ0) is 16.9. The third-order valence-corrected chi connectivity index (χ3v) is 4.14. The molecule has 3 rings (SSSR count). The van der Waals surface area contributed by atoms with E-state index in [4.69, 9.17) is 9.47 Å². The zero-order valence-corrected chi connectivity index (χ0v) is 13.7. The van der Waals surface area contributed by atoms with Crippen LogP contribution < -0.4 is 0 Å². The minimum Gasteiger partial charge on any atom is -0.478 e. The molecule has 126 valence electrons. The molecule has 2 aromatic rings. The molecule has 5 nitrogen and oxygen atoms in total. The van der Waals surface area contributed by atoms with Crippen LogP contribution in [0.5, 0.6) is 0 Å². The van der Waals surface area contributed by atoms with Crippen LogP contribution in [0.25, 0.3) is 11.1 Å². The maximum absolute atomic E-state index is 11.5. The van der Waals surface area contributed by atoms with Gasteiger partial charge < -0.3 is 14.6 Å². The van der Waals surface area contributed by atoms with Gasteiger partial charge in [0.05, 0.1) is 12.2 Å². The Bertz CT molecular complexity index is 723. The number of rotatable bonds is 5. The van der Waals surface area contributed by atoms with Gasteiger partial charge in [0.1, 0.15) is 0 Å². The van der Waals surface area contributed by atoms with E-state index in [1.54, 1.807) is 6.07 Å². The molecule has 1 fully saturated rings. The van der Waals surface area contributed by atoms with Crippen LogP contribution in [0.1, 0.15) is 40.9 Å². The van der Waals surface area contributed by atoms with Gasteiger partial charge in [-0.25, -0.2) is 4.79 Å². The second-order valence-electron chi connectivity index (χ2n) is 5.94. The molecule has 24 heavy (non-hydrogen) atoms. The van der Waals surface area contributed by atoms with Gasteiger partial charge in [0.15, 0.2) is 6.29 Å². The minimum absolute atomic E-state index is 0.176. The number of hydrogen-bond donors (Lipinski definition) is 1. The van der Waals surface area contributed by atoms with E-state index in [1.165, 1.54) is 6.20 Å². The van der Waals surface area contributed by atoms with Crippen molar-refractivity contribution in [1.29, 1.82) is 0 Å². The van der Waals surface area contributed by atoms with Crippen LogP contribution in [0.4, 0.5) is 0 Å². The molecule has 1 atom stereocenters. The number of aromatic nitrogens is 1. The summed E-state index contributed by atoms with van der Waals surface area (Å²) in [6.45, 7) is 2.98. The molecule has 0 radical (unpaired) electrons. The van der Waals surface area contributed by atoms with Crippen molar-refractivity contribution in [1.82, 2.24) is 4.98 Å². The number of benzene rings is 1.